The van der Waals surface area contributed by atoms with Crippen LogP contribution in [-0.4, -0.2) is 70.0 Å². The van der Waals surface area contributed by atoms with E-state index >= 15 is 0 Å². The highest BCUT2D eigenvalue weighted by Gasteiger charge is 2.34. The van der Waals surface area contributed by atoms with Crippen molar-refractivity contribution in [1.29, 1.82) is 0 Å². The first-order chi connectivity index (χ1) is 15.1. The molecule has 1 fully saturated rings. The maximum atomic E-state index is 12.6. The van der Waals surface area contributed by atoms with Crippen LogP contribution in [0, 0.1) is 0 Å². The molecule has 170 valence electrons. The molecule has 0 spiro atoms. The van der Waals surface area contributed by atoms with Crippen molar-refractivity contribution in [2.75, 3.05) is 20.1 Å². The predicted molar refractivity (Wildman–Crippen MR) is 115 cm³/mol. The Hall–Kier alpha value is -3.11. The Morgan fingerprint density at radius 3 is 2.62 bits per heavy atom. The lowest BCUT2D eigenvalue weighted by Gasteiger charge is -2.37. The van der Waals surface area contributed by atoms with Crippen molar-refractivity contribution < 1.29 is 23.9 Å². The molecule has 10 nitrogen and oxygen atoms in total. The maximum absolute atomic E-state index is 12.6. The Kier molecular flexibility index (Phi) is 7.05. The highest BCUT2D eigenvalue weighted by Crippen LogP contribution is 2.30. The van der Waals surface area contributed by atoms with Gasteiger partial charge in [-0.15, -0.1) is 0 Å². The van der Waals surface area contributed by atoms with E-state index in [1.165, 1.54) is 24.3 Å². The third kappa shape index (κ3) is 5.77. The quantitative estimate of drug-likeness (QED) is 0.543. The van der Waals surface area contributed by atoms with Crippen LogP contribution in [0.5, 0.6) is 0 Å². The maximum Gasteiger partial charge on any atom is 0.410 e. The Balaban J connectivity index is 1.92. The van der Waals surface area contributed by atoms with Crippen LogP contribution in [0.15, 0.2) is 24.5 Å². The van der Waals surface area contributed by atoms with Crippen LogP contribution in [0.2, 0.25) is 5.15 Å². The van der Waals surface area contributed by atoms with Gasteiger partial charge in [-0.05, 0) is 44.5 Å². The number of morpholine rings is 1. The molecule has 0 saturated carbocycles. The number of pyridine rings is 1. The number of nitrogens with zero attached hydrogens (tertiary/aromatic N) is 4. The summed E-state index contributed by atoms with van der Waals surface area (Å²) in [6.07, 6.45) is -0.107. The van der Waals surface area contributed by atoms with Crippen molar-refractivity contribution in [3.05, 3.63) is 40.9 Å². The Morgan fingerprint density at radius 1 is 1.22 bits per heavy atom. The molecule has 0 aromatic carbocycles. The fraction of sp³-hybridized carbons (Fsp3) is 0.429. The molecule has 11 heteroatoms. The molecule has 32 heavy (non-hydrogen) atoms. The van der Waals surface area contributed by atoms with Gasteiger partial charge in [0.25, 0.3) is 5.91 Å². The fourth-order valence-electron chi connectivity index (χ4n) is 3.11. The van der Waals surface area contributed by atoms with Crippen molar-refractivity contribution in [3.63, 3.8) is 0 Å². The smallest absolute Gasteiger partial charge is 0.410 e. The van der Waals surface area contributed by atoms with E-state index < -0.39 is 23.9 Å². The molecule has 2 atom stereocenters. The molecule has 1 saturated heterocycles. The third-order valence-corrected chi connectivity index (χ3v) is 4.70. The van der Waals surface area contributed by atoms with Gasteiger partial charge in [-0.25, -0.2) is 19.7 Å². The number of hydrogen-bond donors (Lipinski definition) is 1. The molecule has 1 N–H and O–H groups in total. The van der Waals surface area contributed by atoms with Crippen LogP contribution in [0.1, 0.15) is 42.9 Å². The van der Waals surface area contributed by atoms with E-state index in [9.17, 15) is 14.4 Å². The molecule has 3 rings (SSSR count). The summed E-state index contributed by atoms with van der Waals surface area (Å²) in [6.45, 7) is 5.55. The van der Waals surface area contributed by atoms with E-state index in [0.717, 1.165) is 0 Å². The van der Waals surface area contributed by atoms with E-state index in [0.29, 0.717) is 23.2 Å². The monoisotopic (exact) mass is 461 g/mol. The van der Waals surface area contributed by atoms with Gasteiger partial charge in [-0.1, -0.05) is 11.6 Å². The summed E-state index contributed by atoms with van der Waals surface area (Å²) in [4.78, 5) is 49.8. The van der Waals surface area contributed by atoms with Gasteiger partial charge >= 0.3 is 6.09 Å². The van der Waals surface area contributed by atoms with Gasteiger partial charge in [-0.3, -0.25) is 4.79 Å². The number of nitrogens with one attached hydrogen (secondary N) is 1. The van der Waals surface area contributed by atoms with Crippen molar-refractivity contribution >= 4 is 29.9 Å². The molecule has 2 aromatic rings. The lowest BCUT2D eigenvalue weighted by Crippen LogP contribution is -2.49. The third-order valence-electron chi connectivity index (χ3n) is 4.51. The van der Waals surface area contributed by atoms with Crippen molar-refractivity contribution in [2.24, 2.45) is 0 Å². The average molecular weight is 462 g/mol. The van der Waals surface area contributed by atoms with Gasteiger partial charge in [0.1, 0.15) is 35.0 Å². The zero-order chi connectivity index (χ0) is 23.5. The van der Waals surface area contributed by atoms with Crippen molar-refractivity contribution in [2.45, 2.75) is 38.6 Å². The largest absolute Gasteiger partial charge is 0.444 e. The van der Waals surface area contributed by atoms with E-state index in [-0.39, 0.29) is 29.8 Å². The van der Waals surface area contributed by atoms with Crippen LogP contribution < -0.4 is 5.32 Å². The second-order valence-corrected chi connectivity index (χ2v) is 8.55. The Bertz CT molecular complexity index is 1030. The van der Waals surface area contributed by atoms with Gasteiger partial charge in [-0.2, -0.15) is 0 Å². The topological polar surface area (TPSA) is 124 Å². The van der Waals surface area contributed by atoms with Crippen LogP contribution >= 0.6 is 11.6 Å². The van der Waals surface area contributed by atoms with Crippen molar-refractivity contribution in [1.82, 2.24) is 25.2 Å². The second-order valence-electron chi connectivity index (χ2n) is 8.16. The van der Waals surface area contributed by atoms with E-state index in [1.807, 2.05) is 0 Å². The zero-order valence-electron chi connectivity index (χ0n) is 18.2. The van der Waals surface area contributed by atoms with Gasteiger partial charge < -0.3 is 24.5 Å². The second kappa shape index (κ2) is 9.58. The normalized spacial score (nSPS) is 18.7. The summed E-state index contributed by atoms with van der Waals surface area (Å²) in [7, 11) is 1.50. The lowest BCUT2D eigenvalue weighted by molar-refractivity contribution is -0.132. The molecule has 1 aliphatic heterocycles. The number of carbonyl (C=O) groups is 3. The zero-order valence-corrected chi connectivity index (χ0v) is 18.9. The molecule has 0 aliphatic carbocycles. The number of aromatic nitrogens is 3. The molecule has 0 bridgehead atoms. The minimum absolute atomic E-state index is 0.0853. The van der Waals surface area contributed by atoms with Crippen molar-refractivity contribution in [3.8, 4) is 11.4 Å². The SMILES string of the molecule is CNC(=O)c1cc(-c2cc(C3CN(C(=O)OC(C)(C)C)CC(C=O)O3)cc(Cl)n2)ncn1. The summed E-state index contributed by atoms with van der Waals surface area (Å²) in [6, 6.07) is 4.77. The first-order valence-corrected chi connectivity index (χ1v) is 10.3. The molecular weight excluding hydrogens is 438 g/mol. The first kappa shape index (κ1) is 23.6. The molecule has 1 aliphatic rings. The molecule has 3 heterocycles. The van der Waals surface area contributed by atoms with Gasteiger partial charge in [0.15, 0.2) is 6.29 Å². The fourth-order valence-corrected chi connectivity index (χ4v) is 3.32. The van der Waals surface area contributed by atoms with Crippen LogP contribution in [-0.2, 0) is 14.3 Å². The summed E-state index contributed by atoms with van der Waals surface area (Å²) in [5, 5.41) is 2.66. The van der Waals surface area contributed by atoms with Gasteiger partial charge in [0, 0.05) is 7.05 Å². The Morgan fingerprint density at radius 2 is 1.97 bits per heavy atom. The molecular formula is C21H24ClN5O5. The van der Waals surface area contributed by atoms with E-state index in [1.54, 1.807) is 32.9 Å². The van der Waals surface area contributed by atoms with E-state index in [2.05, 4.69) is 20.3 Å². The van der Waals surface area contributed by atoms with Gasteiger partial charge in [0.05, 0.1) is 24.5 Å². The number of hydrogen-bond acceptors (Lipinski definition) is 8. The number of amides is 2. The summed E-state index contributed by atoms with van der Waals surface area (Å²) >= 11 is 6.24. The summed E-state index contributed by atoms with van der Waals surface area (Å²) < 4.78 is 11.3. The van der Waals surface area contributed by atoms with E-state index in [4.69, 9.17) is 21.1 Å². The number of aldehydes is 1. The standard InChI is InChI=1S/C21H24ClN5O5/c1-21(2,3)32-20(30)27-8-13(10-28)31-17(9-27)12-5-15(26-18(22)6-12)14-7-16(19(29)23-4)25-11-24-14/h5-7,10-11,13,17H,8-9H2,1-4H3,(H,23,29). The lowest BCUT2D eigenvalue weighted by atomic mass is 10.1. The Labute approximate surface area is 190 Å². The minimum Gasteiger partial charge on any atom is -0.444 e. The van der Waals surface area contributed by atoms with Crippen LogP contribution in [0.25, 0.3) is 11.4 Å². The number of ether oxygens (including phenoxy) is 2. The average Bonchev–Trinajstić information content (AvgIpc) is 2.76. The van der Waals surface area contributed by atoms with Gasteiger partial charge in [0.2, 0.25) is 0 Å². The van der Waals surface area contributed by atoms with Crippen LogP contribution in [0.4, 0.5) is 4.79 Å². The highest BCUT2D eigenvalue weighted by molar-refractivity contribution is 6.29. The number of halogens is 1. The highest BCUT2D eigenvalue weighted by atomic mass is 35.5. The molecule has 0 radical (unpaired) electrons. The molecule has 2 aromatic heterocycles. The molecule has 2 amide bonds. The number of rotatable bonds is 4. The van der Waals surface area contributed by atoms with Crippen LogP contribution in [0.3, 0.4) is 0 Å². The first-order valence-electron chi connectivity index (χ1n) is 9.90. The summed E-state index contributed by atoms with van der Waals surface area (Å²) in [5.41, 5.74) is 0.867. The number of carbonyl (C=O) groups excluding carboxylic acids is 3. The molecule has 2 unspecified atom stereocenters. The minimum atomic E-state index is -0.824. The predicted octanol–water partition coefficient (Wildman–Crippen LogP) is 2.43. The summed E-state index contributed by atoms with van der Waals surface area (Å²) in [5.74, 6) is -0.367.